The highest BCUT2D eigenvalue weighted by Gasteiger charge is 2.09. The molecule has 0 N–H and O–H groups in total. The number of hydrogen-bond acceptors (Lipinski definition) is 6. The van der Waals surface area contributed by atoms with Crippen LogP contribution in [0.25, 0.3) is 0 Å². The number of rotatable bonds is 13. The normalized spacial score (nSPS) is 10.9. The maximum Gasteiger partial charge on any atom is 0.343 e. The molecule has 3 aromatic carbocycles. The lowest BCUT2D eigenvalue weighted by Gasteiger charge is -2.09. The van der Waals surface area contributed by atoms with Crippen molar-refractivity contribution in [1.82, 2.24) is 0 Å². The maximum absolute atomic E-state index is 12.4. The van der Waals surface area contributed by atoms with Crippen molar-refractivity contribution in [3.8, 4) is 17.2 Å². The summed E-state index contributed by atoms with van der Waals surface area (Å²) in [6.45, 7) is 4.98. The van der Waals surface area contributed by atoms with E-state index in [-0.39, 0.29) is 0 Å². The zero-order valence-electron chi connectivity index (χ0n) is 20.8. The van der Waals surface area contributed by atoms with Crippen LogP contribution >= 0.6 is 0 Å². The molecule has 184 valence electrons. The van der Waals surface area contributed by atoms with E-state index >= 15 is 0 Å². The minimum Gasteiger partial charge on any atom is -0.497 e. The molecule has 0 aromatic heterocycles. The fourth-order valence-electron chi connectivity index (χ4n) is 3.51. The van der Waals surface area contributed by atoms with E-state index in [4.69, 9.17) is 14.2 Å². The van der Waals surface area contributed by atoms with Crippen molar-refractivity contribution in [3.05, 3.63) is 77.9 Å². The number of nitrogens with zero attached hydrogens (tertiary/aromatic N) is 2. The van der Waals surface area contributed by atoms with Gasteiger partial charge in [0.2, 0.25) is 0 Å². The fourth-order valence-corrected chi connectivity index (χ4v) is 3.51. The van der Waals surface area contributed by atoms with Gasteiger partial charge < -0.3 is 14.2 Å². The van der Waals surface area contributed by atoms with Crippen LogP contribution in [0.15, 0.2) is 77.0 Å². The van der Waals surface area contributed by atoms with Crippen LogP contribution < -0.4 is 14.2 Å². The molecule has 0 fully saturated rings. The number of unbranched alkanes of at least 4 members (excludes halogenated alkanes) is 5. The molecule has 0 unspecified atom stereocenters. The molecule has 0 radical (unpaired) electrons. The van der Waals surface area contributed by atoms with Gasteiger partial charge in [-0.05, 0) is 85.6 Å². The lowest BCUT2D eigenvalue weighted by atomic mass is 10.1. The van der Waals surface area contributed by atoms with Crippen LogP contribution in [0.1, 0.15) is 61.4 Å². The van der Waals surface area contributed by atoms with Gasteiger partial charge in [-0.25, -0.2) is 4.79 Å². The van der Waals surface area contributed by atoms with Gasteiger partial charge in [0.05, 0.1) is 30.7 Å². The van der Waals surface area contributed by atoms with Crippen molar-refractivity contribution < 1.29 is 19.0 Å². The van der Waals surface area contributed by atoms with E-state index in [0.29, 0.717) is 22.7 Å². The third-order valence-electron chi connectivity index (χ3n) is 5.57. The van der Waals surface area contributed by atoms with Crippen molar-refractivity contribution in [2.45, 2.75) is 52.4 Å². The molecule has 0 aliphatic carbocycles. The van der Waals surface area contributed by atoms with Crippen molar-refractivity contribution in [2.24, 2.45) is 10.2 Å². The zero-order chi connectivity index (χ0) is 24.9. The van der Waals surface area contributed by atoms with Gasteiger partial charge in [0.1, 0.15) is 17.2 Å². The SMILES string of the molecule is CCCCCCCCOc1ccc(N=Nc2ccc(C(=O)Oc3ccc(OC)cc3)cc2)cc1C. The molecule has 0 saturated heterocycles. The van der Waals surface area contributed by atoms with Gasteiger partial charge in [0, 0.05) is 0 Å². The first-order valence-corrected chi connectivity index (χ1v) is 12.2. The number of esters is 1. The Labute approximate surface area is 208 Å². The highest BCUT2D eigenvalue weighted by atomic mass is 16.5. The van der Waals surface area contributed by atoms with Gasteiger partial charge in [-0.15, -0.1) is 0 Å². The summed E-state index contributed by atoms with van der Waals surface area (Å²) in [6.07, 6.45) is 7.46. The molecular formula is C29H34N2O4. The topological polar surface area (TPSA) is 69.5 Å². The number of hydrogen-bond donors (Lipinski definition) is 0. The summed E-state index contributed by atoms with van der Waals surface area (Å²) in [6, 6.07) is 19.5. The lowest BCUT2D eigenvalue weighted by Crippen LogP contribution is -2.07. The van der Waals surface area contributed by atoms with Crippen molar-refractivity contribution in [1.29, 1.82) is 0 Å². The van der Waals surface area contributed by atoms with E-state index < -0.39 is 5.97 Å². The standard InChI is InChI=1S/C29H34N2O4/c1-4-5-6-7-8-9-20-34-28-19-14-25(21-22(28)2)31-30-24-12-10-23(11-13-24)29(32)35-27-17-15-26(33-3)16-18-27/h10-19,21H,4-9,20H2,1-3H3. The Bertz CT molecular complexity index is 1090. The number of carbonyl (C=O) groups excluding carboxylic acids is 1. The summed E-state index contributed by atoms with van der Waals surface area (Å²) >= 11 is 0. The maximum atomic E-state index is 12.4. The van der Waals surface area contributed by atoms with E-state index in [2.05, 4.69) is 17.2 Å². The molecule has 3 aromatic rings. The number of benzene rings is 3. The third-order valence-corrected chi connectivity index (χ3v) is 5.57. The molecule has 6 nitrogen and oxygen atoms in total. The van der Waals surface area contributed by atoms with E-state index in [1.54, 1.807) is 55.6 Å². The van der Waals surface area contributed by atoms with Gasteiger partial charge in [-0.1, -0.05) is 39.0 Å². The molecule has 0 spiro atoms. The number of methoxy groups -OCH3 is 1. The first-order valence-electron chi connectivity index (χ1n) is 12.2. The van der Waals surface area contributed by atoms with Crippen LogP contribution in [0, 0.1) is 6.92 Å². The minimum absolute atomic E-state index is 0.433. The van der Waals surface area contributed by atoms with Crippen LogP contribution in [-0.4, -0.2) is 19.7 Å². The minimum atomic E-state index is -0.439. The van der Waals surface area contributed by atoms with Crippen LogP contribution in [0.2, 0.25) is 0 Å². The Morgan fingerprint density at radius 2 is 1.40 bits per heavy atom. The largest absolute Gasteiger partial charge is 0.497 e. The fraction of sp³-hybridized carbons (Fsp3) is 0.345. The second-order valence-corrected chi connectivity index (χ2v) is 8.38. The van der Waals surface area contributed by atoms with Gasteiger partial charge in [-0.2, -0.15) is 10.2 Å². The second kappa shape index (κ2) is 13.9. The van der Waals surface area contributed by atoms with E-state index in [1.807, 2.05) is 25.1 Å². The molecule has 0 saturated carbocycles. The number of aryl methyl sites for hydroxylation is 1. The van der Waals surface area contributed by atoms with Crippen LogP contribution in [0.4, 0.5) is 11.4 Å². The third kappa shape index (κ3) is 8.56. The van der Waals surface area contributed by atoms with Gasteiger partial charge >= 0.3 is 5.97 Å². The summed E-state index contributed by atoms with van der Waals surface area (Å²) in [5, 5.41) is 8.60. The molecule has 3 rings (SSSR count). The molecule has 35 heavy (non-hydrogen) atoms. The Kier molecular flexibility index (Phi) is 10.3. The van der Waals surface area contributed by atoms with Crippen molar-refractivity contribution >= 4 is 17.3 Å². The molecule has 0 amide bonds. The predicted molar refractivity (Wildman–Crippen MR) is 139 cm³/mol. The van der Waals surface area contributed by atoms with Crippen molar-refractivity contribution in [2.75, 3.05) is 13.7 Å². The van der Waals surface area contributed by atoms with Gasteiger partial charge in [0.25, 0.3) is 0 Å². The molecule has 0 aliphatic rings. The number of carbonyl (C=O) groups is 1. The Morgan fingerprint density at radius 3 is 2.09 bits per heavy atom. The second-order valence-electron chi connectivity index (χ2n) is 8.38. The number of azo groups is 1. The first kappa shape index (κ1) is 25.9. The first-order chi connectivity index (χ1) is 17.1. The Morgan fingerprint density at radius 1 is 0.771 bits per heavy atom. The summed E-state index contributed by atoms with van der Waals surface area (Å²) in [5.41, 5.74) is 2.86. The van der Waals surface area contributed by atoms with Crippen LogP contribution in [0.5, 0.6) is 17.2 Å². The molecule has 0 aliphatic heterocycles. The predicted octanol–water partition coefficient (Wildman–Crippen LogP) is 8.38. The number of ether oxygens (including phenoxy) is 3. The van der Waals surface area contributed by atoms with E-state index in [1.165, 1.54) is 32.1 Å². The Balaban J connectivity index is 1.49. The summed E-state index contributed by atoms with van der Waals surface area (Å²) in [4.78, 5) is 12.4. The summed E-state index contributed by atoms with van der Waals surface area (Å²) < 4.78 is 16.4. The molecular weight excluding hydrogens is 440 g/mol. The average molecular weight is 475 g/mol. The summed E-state index contributed by atoms with van der Waals surface area (Å²) in [5.74, 6) is 1.60. The van der Waals surface area contributed by atoms with Gasteiger partial charge in [0.15, 0.2) is 0 Å². The average Bonchev–Trinajstić information content (AvgIpc) is 2.88. The molecule has 0 heterocycles. The monoisotopic (exact) mass is 474 g/mol. The van der Waals surface area contributed by atoms with Crippen molar-refractivity contribution in [3.63, 3.8) is 0 Å². The van der Waals surface area contributed by atoms with E-state index in [9.17, 15) is 4.79 Å². The molecule has 0 bridgehead atoms. The smallest absolute Gasteiger partial charge is 0.343 e. The van der Waals surface area contributed by atoms with Gasteiger partial charge in [-0.3, -0.25) is 0 Å². The highest BCUT2D eigenvalue weighted by molar-refractivity contribution is 5.91. The molecule has 0 atom stereocenters. The lowest BCUT2D eigenvalue weighted by molar-refractivity contribution is 0.0734. The van der Waals surface area contributed by atoms with E-state index in [0.717, 1.165) is 30.0 Å². The zero-order valence-corrected chi connectivity index (χ0v) is 20.8. The van der Waals surface area contributed by atoms with Crippen LogP contribution in [-0.2, 0) is 0 Å². The Hall–Kier alpha value is -3.67. The summed E-state index contributed by atoms with van der Waals surface area (Å²) in [7, 11) is 1.59. The highest BCUT2D eigenvalue weighted by Crippen LogP contribution is 2.26. The van der Waals surface area contributed by atoms with Crippen LogP contribution in [0.3, 0.4) is 0 Å². The molecule has 6 heteroatoms. The quantitative estimate of drug-likeness (QED) is 0.108.